The van der Waals surface area contributed by atoms with Crippen LogP contribution in [0.4, 0.5) is 5.69 Å². The van der Waals surface area contributed by atoms with Crippen LogP contribution in [0.5, 0.6) is 0 Å². The maximum absolute atomic E-state index is 12.9. The molecule has 1 unspecified atom stereocenters. The number of rotatable bonds is 6. The first-order chi connectivity index (χ1) is 14.1. The smallest absolute Gasteiger partial charge is 0.323 e. The highest BCUT2D eigenvalue weighted by atomic mass is 16.5. The van der Waals surface area contributed by atoms with E-state index in [1.54, 1.807) is 19.9 Å². The number of nitrogen functional groups attached to an aromatic ring is 1. The monoisotopic (exact) mass is 416 g/mol. The van der Waals surface area contributed by atoms with Crippen LogP contribution in [0.25, 0.3) is 0 Å². The molecule has 0 aromatic heterocycles. The van der Waals surface area contributed by atoms with E-state index >= 15 is 0 Å². The summed E-state index contributed by atoms with van der Waals surface area (Å²) in [4.78, 5) is 64.4. The molecule has 160 valence electrons. The Labute approximate surface area is 173 Å². The van der Waals surface area contributed by atoms with Crippen molar-refractivity contribution in [2.24, 2.45) is 11.7 Å². The van der Waals surface area contributed by atoms with Crippen molar-refractivity contribution >= 4 is 35.3 Å². The lowest BCUT2D eigenvalue weighted by atomic mass is 10.0. The number of esters is 1. The summed E-state index contributed by atoms with van der Waals surface area (Å²) in [6.07, 6.45) is -0.00367. The standard InChI is InChI=1S/C20H24N4O6/c1-10(2)16(22)20(29)30-9-8-23-14(25)7-6-13(18(23)27)24-17(26)11-4-3-5-12(21)15(11)19(24)28/h3-5,10,13,16H,6-9,21-22H2,1-2H3/t13?,16-/m0/s1. The topological polar surface area (TPSA) is 153 Å². The molecule has 0 saturated carbocycles. The van der Waals surface area contributed by atoms with Gasteiger partial charge in [-0.3, -0.25) is 33.8 Å². The Morgan fingerprint density at radius 3 is 2.53 bits per heavy atom. The number of carbonyl (C=O) groups is 5. The van der Waals surface area contributed by atoms with Crippen LogP contribution in [0, 0.1) is 5.92 Å². The minimum absolute atomic E-state index is 0.0253. The quantitative estimate of drug-likeness (QED) is 0.371. The number of carbonyl (C=O) groups excluding carboxylic acids is 5. The average molecular weight is 416 g/mol. The number of amides is 4. The summed E-state index contributed by atoms with van der Waals surface area (Å²) in [5.41, 5.74) is 11.9. The molecule has 0 aliphatic carbocycles. The second-order valence-corrected chi connectivity index (χ2v) is 7.63. The van der Waals surface area contributed by atoms with Gasteiger partial charge in [-0.05, 0) is 24.5 Å². The van der Waals surface area contributed by atoms with E-state index in [2.05, 4.69) is 0 Å². The van der Waals surface area contributed by atoms with Gasteiger partial charge >= 0.3 is 5.97 Å². The molecule has 1 saturated heterocycles. The number of hydrogen-bond donors (Lipinski definition) is 2. The summed E-state index contributed by atoms with van der Waals surface area (Å²) in [6.45, 7) is 3.13. The van der Waals surface area contributed by atoms with Gasteiger partial charge in [0.05, 0.1) is 17.7 Å². The van der Waals surface area contributed by atoms with E-state index in [1.807, 2.05) is 0 Å². The fourth-order valence-electron chi connectivity index (χ4n) is 3.51. The molecule has 4 amide bonds. The van der Waals surface area contributed by atoms with Crippen molar-refractivity contribution in [1.82, 2.24) is 9.80 Å². The zero-order valence-electron chi connectivity index (χ0n) is 16.8. The predicted octanol–water partition coefficient (Wildman–Crippen LogP) is -0.0911. The second-order valence-electron chi connectivity index (χ2n) is 7.63. The molecule has 1 aromatic rings. The Balaban J connectivity index is 1.72. The molecular weight excluding hydrogens is 392 g/mol. The zero-order valence-corrected chi connectivity index (χ0v) is 16.8. The average Bonchev–Trinajstić information content (AvgIpc) is 2.95. The van der Waals surface area contributed by atoms with Crippen molar-refractivity contribution in [2.75, 3.05) is 18.9 Å². The largest absolute Gasteiger partial charge is 0.463 e. The van der Waals surface area contributed by atoms with Crippen molar-refractivity contribution in [3.63, 3.8) is 0 Å². The van der Waals surface area contributed by atoms with Crippen molar-refractivity contribution in [2.45, 2.75) is 38.8 Å². The van der Waals surface area contributed by atoms with Gasteiger partial charge in [-0.1, -0.05) is 19.9 Å². The summed E-state index contributed by atoms with van der Waals surface area (Å²) in [6, 6.07) is 2.59. The summed E-state index contributed by atoms with van der Waals surface area (Å²) in [5.74, 6) is -3.19. The molecular formula is C20H24N4O6. The Kier molecular flexibility index (Phi) is 5.88. The SMILES string of the molecule is CC(C)[C@H](N)C(=O)OCCN1C(=O)CCC(N2C(=O)c3cccc(N)c3C2=O)C1=O. The fourth-order valence-corrected chi connectivity index (χ4v) is 3.51. The third-order valence-electron chi connectivity index (χ3n) is 5.32. The van der Waals surface area contributed by atoms with Gasteiger partial charge in [0.15, 0.2) is 0 Å². The van der Waals surface area contributed by atoms with Gasteiger partial charge in [-0.2, -0.15) is 0 Å². The van der Waals surface area contributed by atoms with Gasteiger partial charge < -0.3 is 16.2 Å². The lowest BCUT2D eigenvalue weighted by Gasteiger charge is -2.34. The van der Waals surface area contributed by atoms with E-state index < -0.39 is 41.7 Å². The number of likely N-dealkylation sites (tertiary alicyclic amines) is 1. The van der Waals surface area contributed by atoms with E-state index in [4.69, 9.17) is 16.2 Å². The van der Waals surface area contributed by atoms with Gasteiger partial charge in [0.25, 0.3) is 17.7 Å². The van der Waals surface area contributed by atoms with Gasteiger partial charge in [0, 0.05) is 12.1 Å². The van der Waals surface area contributed by atoms with Gasteiger partial charge in [0.2, 0.25) is 5.91 Å². The normalized spacial score (nSPS) is 20.1. The number of anilines is 1. The Bertz CT molecular complexity index is 928. The molecule has 3 rings (SSSR count). The first-order valence-corrected chi connectivity index (χ1v) is 9.68. The van der Waals surface area contributed by atoms with Crippen LogP contribution in [0.2, 0.25) is 0 Å². The number of piperidine rings is 1. The first-order valence-electron chi connectivity index (χ1n) is 9.68. The van der Waals surface area contributed by atoms with Gasteiger partial charge in [-0.15, -0.1) is 0 Å². The fraction of sp³-hybridized carbons (Fsp3) is 0.450. The van der Waals surface area contributed by atoms with Crippen LogP contribution in [-0.2, 0) is 19.1 Å². The number of benzene rings is 1. The number of hydrogen-bond acceptors (Lipinski definition) is 8. The zero-order chi connectivity index (χ0) is 22.2. The van der Waals surface area contributed by atoms with Crippen LogP contribution < -0.4 is 11.5 Å². The van der Waals surface area contributed by atoms with Crippen molar-refractivity contribution in [3.8, 4) is 0 Å². The van der Waals surface area contributed by atoms with E-state index in [-0.39, 0.29) is 48.7 Å². The maximum Gasteiger partial charge on any atom is 0.323 e. The lowest BCUT2D eigenvalue weighted by Crippen LogP contribution is -2.56. The van der Waals surface area contributed by atoms with E-state index in [0.29, 0.717) is 0 Å². The molecule has 1 fully saturated rings. The minimum Gasteiger partial charge on any atom is -0.463 e. The van der Waals surface area contributed by atoms with Crippen molar-refractivity contribution < 1.29 is 28.7 Å². The molecule has 2 aliphatic rings. The van der Waals surface area contributed by atoms with Crippen LogP contribution in [0.15, 0.2) is 18.2 Å². The Hall–Kier alpha value is -3.27. The molecule has 4 N–H and O–H groups in total. The Morgan fingerprint density at radius 2 is 1.90 bits per heavy atom. The molecule has 1 aromatic carbocycles. The summed E-state index contributed by atoms with van der Waals surface area (Å²) >= 11 is 0. The Morgan fingerprint density at radius 1 is 1.20 bits per heavy atom. The van der Waals surface area contributed by atoms with E-state index in [9.17, 15) is 24.0 Å². The van der Waals surface area contributed by atoms with Gasteiger partial charge in [-0.25, -0.2) is 0 Å². The molecule has 0 radical (unpaired) electrons. The van der Waals surface area contributed by atoms with Crippen molar-refractivity contribution in [1.29, 1.82) is 0 Å². The molecule has 2 atom stereocenters. The van der Waals surface area contributed by atoms with Gasteiger partial charge in [0.1, 0.15) is 18.7 Å². The predicted molar refractivity (Wildman–Crippen MR) is 105 cm³/mol. The molecule has 0 bridgehead atoms. The third kappa shape index (κ3) is 3.65. The number of imide groups is 2. The minimum atomic E-state index is -1.12. The maximum atomic E-state index is 12.9. The molecule has 10 nitrogen and oxygen atoms in total. The second kappa shape index (κ2) is 8.23. The van der Waals surface area contributed by atoms with Crippen LogP contribution >= 0.6 is 0 Å². The number of ether oxygens (including phenoxy) is 1. The summed E-state index contributed by atoms with van der Waals surface area (Å²) < 4.78 is 5.06. The first kappa shape index (κ1) is 21.4. The van der Waals surface area contributed by atoms with E-state index in [1.165, 1.54) is 12.1 Å². The van der Waals surface area contributed by atoms with E-state index in [0.717, 1.165) is 9.80 Å². The van der Waals surface area contributed by atoms with Crippen molar-refractivity contribution in [3.05, 3.63) is 29.3 Å². The third-order valence-corrected chi connectivity index (χ3v) is 5.32. The summed E-state index contributed by atoms with van der Waals surface area (Å²) in [5, 5.41) is 0. The van der Waals surface area contributed by atoms with Crippen LogP contribution in [-0.4, -0.2) is 64.6 Å². The molecule has 2 aliphatic heterocycles. The number of fused-ring (bicyclic) bond motifs is 1. The highest BCUT2D eigenvalue weighted by Crippen LogP contribution is 2.31. The summed E-state index contributed by atoms with van der Waals surface area (Å²) in [7, 11) is 0. The highest BCUT2D eigenvalue weighted by Gasteiger charge is 2.47. The molecule has 10 heteroatoms. The van der Waals surface area contributed by atoms with Crippen LogP contribution in [0.3, 0.4) is 0 Å². The van der Waals surface area contributed by atoms with Crippen LogP contribution in [0.1, 0.15) is 47.4 Å². The highest BCUT2D eigenvalue weighted by molar-refractivity contribution is 6.25. The number of nitrogens with zero attached hydrogens (tertiary/aromatic N) is 2. The lowest BCUT2D eigenvalue weighted by molar-refractivity contribution is -0.156. The number of nitrogens with two attached hydrogens (primary N) is 2. The molecule has 30 heavy (non-hydrogen) atoms. The molecule has 0 spiro atoms. The molecule has 2 heterocycles.